The molecular weight excluding hydrogens is 172 g/mol. The lowest BCUT2D eigenvalue weighted by Crippen LogP contribution is -1.96. The fourth-order valence-corrected chi connectivity index (χ4v) is 1.88. The molecule has 1 rings (SSSR count). The summed E-state index contributed by atoms with van der Waals surface area (Å²) in [5, 5.41) is 9.86. The Labute approximate surface area is 86.8 Å². The number of benzene rings is 1. The fraction of sp³-hybridized carbons (Fsp3) is 0.538. The summed E-state index contributed by atoms with van der Waals surface area (Å²) >= 11 is 0. The normalized spacial score (nSPS) is 10.9. The Morgan fingerprint density at radius 3 is 2.21 bits per heavy atom. The maximum absolute atomic E-state index is 9.86. The summed E-state index contributed by atoms with van der Waals surface area (Å²) in [7, 11) is 0. The van der Waals surface area contributed by atoms with E-state index in [0.717, 1.165) is 24.8 Å². The van der Waals surface area contributed by atoms with E-state index in [1.165, 1.54) is 5.56 Å². The average Bonchev–Trinajstić information content (AvgIpc) is 2.22. The minimum Gasteiger partial charge on any atom is -0.508 e. The molecule has 14 heavy (non-hydrogen) atoms. The van der Waals surface area contributed by atoms with Crippen molar-refractivity contribution < 1.29 is 5.11 Å². The summed E-state index contributed by atoms with van der Waals surface area (Å²) in [4.78, 5) is 0. The van der Waals surface area contributed by atoms with E-state index in [0.29, 0.717) is 11.7 Å². The van der Waals surface area contributed by atoms with Gasteiger partial charge in [-0.15, -0.1) is 0 Å². The van der Waals surface area contributed by atoms with Crippen LogP contribution in [0.2, 0.25) is 0 Å². The number of hydrogen-bond acceptors (Lipinski definition) is 1. The maximum Gasteiger partial charge on any atom is 0.119 e. The predicted molar refractivity (Wildman–Crippen MR) is 60.8 cm³/mol. The molecule has 0 saturated heterocycles. The molecule has 78 valence electrons. The van der Waals surface area contributed by atoms with Crippen molar-refractivity contribution in [2.24, 2.45) is 0 Å². The topological polar surface area (TPSA) is 20.2 Å². The van der Waals surface area contributed by atoms with Crippen LogP contribution in [0.5, 0.6) is 5.75 Å². The van der Waals surface area contributed by atoms with E-state index in [-0.39, 0.29) is 0 Å². The minimum absolute atomic E-state index is 0.470. The van der Waals surface area contributed by atoms with E-state index < -0.39 is 0 Å². The van der Waals surface area contributed by atoms with Gasteiger partial charge in [0, 0.05) is 0 Å². The number of hydrogen-bond donors (Lipinski definition) is 1. The third kappa shape index (κ3) is 2.28. The molecular formula is C13H20O. The molecule has 0 bridgehead atoms. The molecule has 0 spiro atoms. The van der Waals surface area contributed by atoms with Crippen LogP contribution in [0.15, 0.2) is 18.2 Å². The van der Waals surface area contributed by atoms with Gasteiger partial charge < -0.3 is 5.11 Å². The van der Waals surface area contributed by atoms with Gasteiger partial charge in [0.25, 0.3) is 0 Å². The Balaban J connectivity index is 2.98. The zero-order chi connectivity index (χ0) is 10.6. The first kappa shape index (κ1) is 11.1. The van der Waals surface area contributed by atoms with Gasteiger partial charge in [-0.05, 0) is 42.4 Å². The van der Waals surface area contributed by atoms with Crippen molar-refractivity contribution in [3.8, 4) is 5.75 Å². The molecule has 0 unspecified atom stereocenters. The molecule has 0 aliphatic carbocycles. The van der Waals surface area contributed by atoms with Crippen LogP contribution in [0.3, 0.4) is 0 Å². The fourth-order valence-electron chi connectivity index (χ4n) is 1.88. The zero-order valence-electron chi connectivity index (χ0n) is 9.38. The first-order valence-corrected chi connectivity index (χ1v) is 5.54. The van der Waals surface area contributed by atoms with Gasteiger partial charge in [0.1, 0.15) is 5.75 Å². The predicted octanol–water partition coefficient (Wildman–Crippen LogP) is 3.86. The molecule has 0 amide bonds. The van der Waals surface area contributed by atoms with Gasteiger partial charge in [0.2, 0.25) is 0 Å². The SMILES string of the molecule is CCc1ccc(C(CC)CC)c(O)c1. The second-order valence-electron chi connectivity index (χ2n) is 3.76. The zero-order valence-corrected chi connectivity index (χ0v) is 9.38. The van der Waals surface area contributed by atoms with E-state index in [4.69, 9.17) is 0 Å². The van der Waals surface area contributed by atoms with E-state index in [1.54, 1.807) is 0 Å². The van der Waals surface area contributed by atoms with Crippen LogP contribution < -0.4 is 0 Å². The van der Waals surface area contributed by atoms with Gasteiger partial charge in [0.05, 0.1) is 0 Å². The maximum atomic E-state index is 9.86. The second-order valence-corrected chi connectivity index (χ2v) is 3.76. The molecule has 0 heterocycles. The highest BCUT2D eigenvalue weighted by Crippen LogP contribution is 2.31. The van der Waals surface area contributed by atoms with Gasteiger partial charge in [-0.25, -0.2) is 0 Å². The summed E-state index contributed by atoms with van der Waals surface area (Å²) in [6.45, 7) is 6.44. The Morgan fingerprint density at radius 2 is 1.79 bits per heavy atom. The third-order valence-corrected chi connectivity index (χ3v) is 2.93. The van der Waals surface area contributed by atoms with E-state index in [9.17, 15) is 5.11 Å². The highest BCUT2D eigenvalue weighted by molar-refractivity contribution is 5.38. The number of rotatable bonds is 4. The standard InChI is InChI=1S/C13H20O/c1-4-10-7-8-12(13(14)9-10)11(5-2)6-3/h7-9,11,14H,4-6H2,1-3H3. The lowest BCUT2D eigenvalue weighted by molar-refractivity contribution is 0.456. The van der Waals surface area contributed by atoms with Gasteiger partial charge in [0.15, 0.2) is 0 Å². The van der Waals surface area contributed by atoms with Crippen LogP contribution in [0, 0.1) is 0 Å². The Kier molecular flexibility index (Phi) is 3.99. The van der Waals surface area contributed by atoms with Crippen LogP contribution >= 0.6 is 0 Å². The van der Waals surface area contributed by atoms with Crippen molar-refractivity contribution in [2.75, 3.05) is 0 Å². The summed E-state index contributed by atoms with van der Waals surface area (Å²) in [5.74, 6) is 0.971. The third-order valence-electron chi connectivity index (χ3n) is 2.93. The monoisotopic (exact) mass is 192 g/mol. The van der Waals surface area contributed by atoms with Gasteiger partial charge in [-0.2, -0.15) is 0 Å². The summed E-state index contributed by atoms with van der Waals surface area (Å²) in [6.07, 6.45) is 3.17. The first-order valence-electron chi connectivity index (χ1n) is 5.54. The summed E-state index contributed by atoms with van der Waals surface area (Å²) in [6, 6.07) is 6.09. The van der Waals surface area contributed by atoms with Crippen LogP contribution in [0.1, 0.15) is 50.7 Å². The molecule has 1 N–H and O–H groups in total. The minimum atomic E-state index is 0.470. The highest BCUT2D eigenvalue weighted by Gasteiger charge is 2.11. The smallest absolute Gasteiger partial charge is 0.119 e. The molecule has 1 nitrogen and oxygen atoms in total. The summed E-state index contributed by atoms with van der Waals surface area (Å²) < 4.78 is 0. The van der Waals surface area contributed by atoms with Crippen LogP contribution in [-0.2, 0) is 6.42 Å². The highest BCUT2D eigenvalue weighted by atomic mass is 16.3. The van der Waals surface area contributed by atoms with Crippen molar-refractivity contribution in [3.05, 3.63) is 29.3 Å². The van der Waals surface area contributed by atoms with Gasteiger partial charge in [-0.3, -0.25) is 0 Å². The number of phenolic OH excluding ortho intramolecular Hbond substituents is 1. The molecule has 0 radical (unpaired) electrons. The van der Waals surface area contributed by atoms with Crippen LogP contribution in [0.25, 0.3) is 0 Å². The molecule has 0 fully saturated rings. The quantitative estimate of drug-likeness (QED) is 0.768. The average molecular weight is 192 g/mol. The van der Waals surface area contributed by atoms with Crippen molar-refractivity contribution in [1.82, 2.24) is 0 Å². The van der Waals surface area contributed by atoms with Crippen molar-refractivity contribution in [1.29, 1.82) is 0 Å². The lowest BCUT2D eigenvalue weighted by atomic mass is 9.92. The Bertz CT molecular complexity index is 287. The van der Waals surface area contributed by atoms with E-state index in [1.807, 2.05) is 6.07 Å². The molecule has 0 aliphatic heterocycles. The van der Waals surface area contributed by atoms with Crippen LogP contribution in [0.4, 0.5) is 0 Å². The Hall–Kier alpha value is -0.980. The van der Waals surface area contributed by atoms with Crippen molar-refractivity contribution >= 4 is 0 Å². The van der Waals surface area contributed by atoms with Crippen molar-refractivity contribution in [2.45, 2.75) is 46.0 Å². The molecule has 0 aliphatic rings. The Morgan fingerprint density at radius 1 is 1.14 bits per heavy atom. The molecule has 1 heteroatoms. The second kappa shape index (κ2) is 5.04. The lowest BCUT2D eigenvalue weighted by Gasteiger charge is -2.15. The number of aromatic hydroxyl groups is 1. The molecule has 0 atom stereocenters. The molecule has 1 aromatic carbocycles. The molecule has 0 saturated carbocycles. The van der Waals surface area contributed by atoms with E-state index in [2.05, 4.69) is 32.9 Å². The molecule has 1 aromatic rings. The summed E-state index contributed by atoms with van der Waals surface area (Å²) in [5.41, 5.74) is 2.31. The first-order chi connectivity index (χ1) is 6.72. The number of phenols is 1. The number of aryl methyl sites for hydroxylation is 1. The largest absolute Gasteiger partial charge is 0.508 e. The van der Waals surface area contributed by atoms with E-state index >= 15 is 0 Å². The van der Waals surface area contributed by atoms with Crippen molar-refractivity contribution in [3.63, 3.8) is 0 Å². The van der Waals surface area contributed by atoms with Gasteiger partial charge >= 0.3 is 0 Å². The van der Waals surface area contributed by atoms with Crippen LogP contribution in [-0.4, -0.2) is 5.11 Å². The van der Waals surface area contributed by atoms with Gasteiger partial charge in [-0.1, -0.05) is 32.9 Å². The molecule has 0 aromatic heterocycles.